The fourth-order valence-electron chi connectivity index (χ4n) is 2.38. The molecule has 0 unspecified atom stereocenters. The summed E-state index contributed by atoms with van der Waals surface area (Å²) in [5, 5.41) is 6.51. The van der Waals surface area contributed by atoms with E-state index >= 15 is 0 Å². The minimum atomic E-state index is -0.127. The number of hydrogen-bond acceptors (Lipinski definition) is 4. The fraction of sp³-hybridized carbons (Fsp3) is 0.455. The zero-order valence-electron chi connectivity index (χ0n) is 9.64. The van der Waals surface area contributed by atoms with Crippen LogP contribution in [0.3, 0.4) is 0 Å². The van der Waals surface area contributed by atoms with Gasteiger partial charge in [-0.05, 0) is 12.8 Å². The molecular weight excluding hydrogens is 298 g/mol. The predicted octanol–water partition coefficient (Wildman–Crippen LogP) is 1.84. The van der Waals surface area contributed by atoms with E-state index in [9.17, 15) is 4.79 Å². The quantitative estimate of drug-likeness (QED) is 0.918. The number of aromatic nitrogens is 5. The molecule has 1 fully saturated rings. The average Bonchev–Trinajstić information content (AvgIpc) is 3.03. The first-order valence-corrected chi connectivity index (χ1v) is 6.62. The van der Waals surface area contributed by atoms with Crippen LogP contribution in [0.4, 0.5) is 0 Å². The van der Waals surface area contributed by atoms with Gasteiger partial charge in [0.25, 0.3) is 5.56 Å². The lowest BCUT2D eigenvalue weighted by atomic mass is 10.0. The number of nitrogens with zero attached hydrogens (tertiary/aromatic N) is 4. The molecule has 94 valence electrons. The van der Waals surface area contributed by atoms with E-state index in [0.717, 1.165) is 18.5 Å². The number of halogens is 1. The zero-order valence-corrected chi connectivity index (χ0v) is 11.2. The molecule has 0 aromatic carbocycles. The number of hydrogen-bond donors (Lipinski definition) is 1. The van der Waals surface area contributed by atoms with Gasteiger partial charge in [-0.3, -0.25) is 9.89 Å². The van der Waals surface area contributed by atoms with E-state index in [0.29, 0.717) is 17.6 Å². The molecule has 3 rings (SSSR count). The van der Waals surface area contributed by atoms with Crippen molar-refractivity contribution >= 4 is 16.1 Å². The van der Waals surface area contributed by atoms with Crippen LogP contribution in [0.25, 0.3) is 11.6 Å². The molecule has 1 N–H and O–H groups in total. The molecule has 2 heterocycles. The van der Waals surface area contributed by atoms with Crippen LogP contribution in [-0.2, 0) is 0 Å². The molecule has 7 heteroatoms. The molecule has 2 aromatic heterocycles. The van der Waals surface area contributed by atoms with Crippen LogP contribution < -0.4 is 5.56 Å². The summed E-state index contributed by atoms with van der Waals surface area (Å²) in [5.41, 5.74) is 0.734. The van der Waals surface area contributed by atoms with Crippen molar-refractivity contribution in [2.45, 2.75) is 31.6 Å². The summed E-state index contributed by atoms with van der Waals surface area (Å²) in [6, 6.07) is 1.60. The summed E-state index contributed by atoms with van der Waals surface area (Å²) in [4.78, 5) is 20.5. The monoisotopic (exact) mass is 309 g/mol. The van der Waals surface area contributed by atoms with Crippen LogP contribution in [0, 0.1) is 0 Å². The number of nitrogens with one attached hydrogen (secondary N) is 1. The van der Waals surface area contributed by atoms with Crippen LogP contribution in [0.1, 0.15) is 37.3 Å². The van der Waals surface area contributed by atoms with Gasteiger partial charge in [-0.25, -0.2) is 13.6 Å². The SMILES string of the molecule is O=c1cc(C2CCCC2)nc(-c2ncn[nH]2)n1Br. The third kappa shape index (κ3) is 1.98. The molecule has 0 bridgehead atoms. The minimum Gasteiger partial charge on any atom is -0.268 e. The predicted molar refractivity (Wildman–Crippen MR) is 69.4 cm³/mol. The van der Waals surface area contributed by atoms with Crippen molar-refractivity contribution < 1.29 is 0 Å². The van der Waals surface area contributed by atoms with Gasteiger partial charge in [0, 0.05) is 12.0 Å². The van der Waals surface area contributed by atoms with Crippen LogP contribution in [0.5, 0.6) is 0 Å². The molecule has 0 radical (unpaired) electrons. The van der Waals surface area contributed by atoms with E-state index in [4.69, 9.17) is 0 Å². The van der Waals surface area contributed by atoms with Crippen molar-refractivity contribution in [1.29, 1.82) is 0 Å². The molecular formula is C11H12BrN5O. The van der Waals surface area contributed by atoms with E-state index < -0.39 is 0 Å². The number of rotatable bonds is 2. The summed E-state index contributed by atoms with van der Waals surface area (Å²) in [5.74, 6) is 1.36. The summed E-state index contributed by atoms with van der Waals surface area (Å²) >= 11 is 3.20. The molecule has 6 nitrogen and oxygen atoms in total. The molecule has 0 amide bonds. The highest BCUT2D eigenvalue weighted by Crippen LogP contribution is 2.33. The number of H-pyrrole nitrogens is 1. The van der Waals surface area contributed by atoms with Crippen LogP contribution in [-0.4, -0.2) is 23.8 Å². The maximum absolute atomic E-state index is 11.9. The molecule has 1 saturated carbocycles. The smallest absolute Gasteiger partial charge is 0.264 e. The second-order valence-corrected chi connectivity index (χ2v) is 5.15. The molecule has 1 aliphatic carbocycles. The Hall–Kier alpha value is -1.50. The van der Waals surface area contributed by atoms with Gasteiger partial charge in [0.1, 0.15) is 6.33 Å². The lowest BCUT2D eigenvalue weighted by Gasteiger charge is -2.10. The third-order valence-electron chi connectivity index (χ3n) is 3.29. The van der Waals surface area contributed by atoms with E-state index in [1.165, 1.54) is 22.8 Å². The molecule has 0 aliphatic heterocycles. The Labute approximate surface area is 112 Å². The first-order valence-electron chi connectivity index (χ1n) is 5.91. The Morgan fingerprint density at radius 2 is 2.17 bits per heavy atom. The zero-order chi connectivity index (χ0) is 12.5. The summed E-state index contributed by atoms with van der Waals surface area (Å²) in [6.07, 6.45) is 6.03. The molecule has 0 spiro atoms. The van der Waals surface area contributed by atoms with Crippen molar-refractivity contribution in [3.63, 3.8) is 0 Å². The Morgan fingerprint density at radius 3 is 2.83 bits per heavy atom. The second-order valence-electron chi connectivity index (χ2n) is 4.44. The van der Waals surface area contributed by atoms with Gasteiger partial charge in [0.15, 0.2) is 11.6 Å². The van der Waals surface area contributed by atoms with Gasteiger partial charge in [-0.1, -0.05) is 12.8 Å². The molecule has 18 heavy (non-hydrogen) atoms. The van der Waals surface area contributed by atoms with Gasteiger partial charge in [0.2, 0.25) is 0 Å². The largest absolute Gasteiger partial charge is 0.268 e. The Balaban J connectivity index is 2.10. The first kappa shape index (κ1) is 11.6. The third-order valence-corrected chi connectivity index (χ3v) is 3.97. The van der Waals surface area contributed by atoms with Crippen molar-refractivity contribution in [2.24, 2.45) is 0 Å². The highest BCUT2D eigenvalue weighted by atomic mass is 79.9. The van der Waals surface area contributed by atoms with E-state index in [1.54, 1.807) is 6.07 Å². The lowest BCUT2D eigenvalue weighted by Crippen LogP contribution is -2.18. The lowest BCUT2D eigenvalue weighted by molar-refractivity contribution is 0.691. The van der Waals surface area contributed by atoms with Gasteiger partial charge in [-0.15, -0.1) is 0 Å². The Kier molecular flexibility index (Phi) is 2.99. The molecule has 0 atom stereocenters. The molecule has 2 aromatic rings. The highest BCUT2D eigenvalue weighted by Gasteiger charge is 2.21. The second kappa shape index (κ2) is 4.64. The summed E-state index contributed by atoms with van der Waals surface area (Å²) < 4.78 is 1.31. The van der Waals surface area contributed by atoms with E-state index in [2.05, 4.69) is 36.3 Å². The Bertz CT molecular complexity index is 600. The average molecular weight is 310 g/mol. The highest BCUT2D eigenvalue weighted by molar-refractivity contribution is 9.08. The van der Waals surface area contributed by atoms with Gasteiger partial charge >= 0.3 is 0 Å². The summed E-state index contributed by atoms with van der Waals surface area (Å²) in [6.45, 7) is 0. The number of aromatic amines is 1. The fourth-order valence-corrected chi connectivity index (χ4v) is 2.73. The van der Waals surface area contributed by atoms with Crippen LogP contribution in [0.2, 0.25) is 0 Å². The van der Waals surface area contributed by atoms with Crippen LogP contribution >= 0.6 is 16.1 Å². The minimum absolute atomic E-state index is 0.127. The van der Waals surface area contributed by atoms with Gasteiger partial charge < -0.3 is 0 Å². The Morgan fingerprint density at radius 1 is 1.39 bits per heavy atom. The van der Waals surface area contributed by atoms with Crippen molar-refractivity contribution in [2.75, 3.05) is 0 Å². The maximum Gasteiger partial charge on any atom is 0.264 e. The normalized spacial score (nSPS) is 16.3. The maximum atomic E-state index is 11.9. The van der Waals surface area contributed by atoms with Gasteiger partial charge in [-0.2, -0.15) is 5.10 Å². The van der Waals surface area contributed by atoms with Crippen molar-refractivity contribution in [3.05, 3.63) is 28.4 Å². The first-order chi connectivity index (χ1) is 8.75. The van der Waals surface area contributed by atoms with Crippen molar-refractivity contribution in [1.82, 2.24) is 23.8 Å². The summed E-state index contributed by atoms with van der Waals surface area (Å²) in [7, 11) is 0. The standard InChI is InChI=1S/C11H12BrN5O/c12-17-9(18)5-8(7-3-1-2-4-7)15-11(17)10-13-6-14-16-10/h5-7H,1-4H2,(H,13,14,16). The van der Waals surface area contributed by atoms with Gasteiger partial charge in [0.05, 0.1) is 21.8 Å². The molecule has 0 saturated heterocycles. The van der Waals surface area contributed by atoms with Crippen molar-refractivity contribution in [3.8, 4) is 11.6 Å². The topological polar surface area (TPSA) is 76.5 Å². The van der Waals surface area contributed by atoms with Crippen LogP contribution in [0.15, 0.2) is 17.2 Å². The molecule has 1 aliphatic rings. The van der Waals surface area contributed by atoms with E-state index in [-0.39, 0.29) is 5.56 Å². The van der Waals surface area contributed by atoms with E-state index in [1.807, 2.05) is 0 Å².